The Balaban J connectivity index is 1.37. The molecule has 2 aliphatic heterocycles. The Morgan fingerprint density at radius 3 is 2.29 bits per heavy atom. The SMILES string of the molecule is COc1ccc(N2C(=O)C[C@H](N3CCC(Cc4ccccc4)CC3)C2=O)cc1. The van der Waals surface area contributed by atoms with Gasteiger partial charge < -0.3 is 4.74 Å². The van der Waals surface area contributed by atoms with Crippen molar-refractivity contribution in [3.05, 3.63) is 60.2 Å². The largest absolute Gasteiger partial charge is 0.497 e. The summed E-state index contributed by atoms with van der Waals surface area (Å²) in [4.78, 5) is 29.1. The van der Waals surface area contributed by atoms with E-state index in [-0.39, 0.29) is 24.3 Å². The number of carbonyl (C=O) groups excluding carboxylic acids is 2. The number of rotatable bonds is 5. The van der Waals surface area contributed by atoms with Crippen LogP contribution in [-0.2, 0) is 16.0 Å². The van der Waals surface area contributed by atoms with E-state index in [2.05, 4.69) is 29.2 Å². The van der Waals surface area contributed by atoms with Gasteiger partial charge in [-0.1, -0.05) is 30.3 Å². The Morgan fingerprint density at radius 1 is 0.964 bits per heavy atom. The number of hydrogen-bond donors (Lipinski definition) is 0. The fraction of sp³-hybridized carbons (Fsp3) is 0.391. The highest BCUT2D eigenvalue weighted by Gasteiger charge is 2.43. The van der Waals surface area contributed by atoms with Crippen LogP contribution in [0, 0.1) is 5.92 Å². The van der Waals surface area contributed by atoms with Gasteiger partial charge in [0.05, 0.1) is 25.3 Å². The topological polar surface area (TPSA) is 49.9 Å². The molecular formula is C23H26N2O3. The second-order valence-electron chi connectivity index (χ2n) is 7.65. The minimum Gasteiger partial charge on any atom is -0.497 e. The zero-order valence-electron chi connectivity index (χ0n) is 16.2. The van der Waals surface area contributed by atoms with Gasteiger partial charge in [-0.3, -0.25) is 14.5 Å². The minimum absolute atomic E-state index is 0.100. The number of likely N-dealkylation sites (tertiary alicyclic amines) is 1. The molecule has 2 aliphatic rings. The van der Waals surface area contributed by atoms with Crippen LogP contribution in [0.4, 0.5) is 5.69 Å². The summed E-state index contributed by atoms with van der Waals surface area (Å²) in [7, 11) is 1.60. The van der Waals surface area contributed by atoms with Crippen molar-refractivity contribution >= 4 is 17.5 Å². The van der Waals surface area contributed by atoms with Crippen LogP contribution in [0.5, 0.6) is 5.75 Å². The molecule has 0 aromatic heterocycles. The summed E-state index contributed by atoms with van der Waals surface area (Å²) < 4.78 is 5.16. The molecule has 0 bridgehead atoms. The van der Waals surface area contributed by atoms with Gasteiger partial charge in [-0.05, 0) is 68.1 Å². The molecule has 0 aliphatic carbocycles. The normalized spacial score (nSPS) is 21.3. The van der Waals surface area contributed by atoms with Crippen LogP contribution < -0.4 is 9.64 Å². The van der Waals surface area contributed by atoms with Gasteiger partial charge in [0.15, 0.2) is 0 Å². The summed E-state index contributed by atoms with van der Waals surface area (Å²) in [6.45, 7) is 1.75. The molecule has 146 valence electrons. The fourth-order valence-corrected chi connectivity index (χ4v) is 4.32. The number of benzene rings is 2. The molecule has 0 N–H and O–H groups in total. The van der Waals surface area contributed by atoms with Crippen molar-refractivity contribution in [2.45, 2.75) is 31.7 Å². The molecule has 1 atom stereocenters. The molecule has 2 aromatic rings. The summed E-state index contributed by atoms with van der Waals surface area (Å²) in [5.74, 6) is 1.13. The molecule has 2 saturated heterocycles. The lowest BCUT2D eigenvalue weighted by atomic mass is 9.89. The van der Waals surface area contributed by atoms with Crippen molar-refractivity contribution in [2.75, 3.05) is 25.1 Å². The van der Waals surface area contributed by atoms with E-state index in [0.717, 1.165) is 32.4 Å². The highest BCUT2D eigenvalue weighted by atomic mass is 16.5. The predicted octanol–water partition coefficient (Wildman–Crippen LogP) is 3.28. The third-order valence-electron chi connectivity index (χ3n) is 5.91. The molecule has 2 fully saturated rings. The molecule has 28 heavy (non-hydrogen) atoms. The first-order valence-corrected chi connectivity index (χ1v) is 9.94. The molecule has 2 amide bonds. The smallest absolute Gasteiger partial charge is 0.251 e. The van der Waals surface area contributed by atoms with Gasteiger partial charge in [-0.25, -0.2) is 4.90 Å². The van der Waals surface area contributed by atoms with Gasteiger partial charge in [0, 0.05) is 0 Å². The highest BCUT2D eigenvalue weighted by Crippen LogP contribution is 2.30. The van der Waals surface area contributed by atoms with Gasteiger partial charge in [0.2, 0.25) is 5.91 Å². The van der Waals surface area contributed by atoms with E-state index in [1.54, 1.807) is 31.4 Å². The number of anilines is 1. The van der Waals surface area contributed by atoms with Crippen LogP contribution in [-0.4, -0.2) is 43.0 Å². The molecule has 0 saturated carbocycles. The monoisotopic (exact) mass is 378 g/mol. The van der Waals surface area contributed by atoms with E-state index in [9.17, 15) is 9.59 Å². The Bertz CT molecular complexity index is 827. The number of carbonyl (C=O) groups is 2. The van der Waals surface area contributed by atoms with Crippen molar-refractivity contribution in [1.82, 2.24) is 4.90 Å². The second kappa shape index (κ2) is 8.15. The van der Waals surface area contributed by atoms with Crippen molar-refractivity contribution < 1.29 is 14.3 Å². The minimum atomic E-state index is -0.327. The lowest BCUT2D eigenvalue weighted by molar-refractivity contribution is -0.123. The third kappa shape index (κ3) is 3.80. The molecule has 5 heteroatoms. The number of imide groups is 1. The predicted molar refractivity (Wildman–Crippen MR) is 108 cm³/mol. The number of amides is 2. The van der Waals surface area contributed by atoms with E-state index < -0.39 is 0 Å². The van der Waals surface area contributed by atoms with Gasteiger partial charge in [-0.15, -0.1) is 0 Å². The van der Waals surface area contributed by atoms with Crippen LogP contribution in [0.15, 0.2) is 54.6 Å². The first-order chi connectivity index (χ1) is 13.7. The van der Waals surface area contributed by atoms with Crippen LogP contribution in [0.3, 0.4) is 0 Å². The van der Waals surface area contributed by atoms with E-state index >= 15 is 0 Å². The highest BCUT2D eigenvalue weighted by molar-refractivity contribution is 6.22. The number of methoxy groups -OCH3 is 1. The zero-order valence-corrected chi connectivity index (χ0v) is 16.2. The van der Waals surface area contributed by atoms with Crippen molar-refractivity contribution in [3.63, 3.8) is 0 Å². The zero-order chi connectivity index (χ0) is 19.5. The number of piperidine rings is 1. The summed E-state index contributed by atoms with van der Waals surface area (Å²) >= 11 is 0. The Kier molecular flexibility index (Phi) is 5.44. The van der Waals surface area contributed by atoms with Crippen molar-refractivity contribution in [2.24, 2.45) is 5.92 Å². The molecular weight excluding hydrogens is 352 g/mol. The second-order valence-corrected chi connectivity index (χ2v) is 7.65. The number of nitrogens with zero attached hydrogens (tertiary/aromatic N) is 2. The molecule has 0 unspecified atom stereocenters. The van der Waals surface area contributed by atoms with E-state index in [0.29, 0.717) is 17.4 Å². The molecule has 2 aromatic carbocycles. The molecule has 0 radical (unpaired) electrons. The standard InChI is InChI=1S/C23H26N2O3/c1-28-20-9-7-19(8-10-20)25-22(26)16-21(23(25)27)24-13-11-18(12-14-24)15-17-5-3-2-4-6-17/h2-10,18,21H,11-16H2,1H3/t21-/m0/s1. The maximum Gasteiger partial charge on any atom is 0.251 e. The van der Waals surface area contributed by atoms with Gasteiger partial charge in [0.1, 0.15) is 5.75 Å². The van der Waals surface area contributed by atoms with Crippen molar-refractivity contribution in [1.29, 1.82) is 0 Å². The summed E-state index contributed by atoms with van der Waals surface area (Å²) in [6, 6.07) is 17.3. The van der Waals surface area contributed by atoms with Crippen molar-refractivity contribution in [3.8, 4) is 5.75 Å². The van der Waals surface area contributed by atoms with Crippen LogP contribution in [0.2, 0.25) is 0 Å². The Hall–Kier alpha value is -2.66. The lowest BCUT2D eigenvalue weighted by Crippen LogP contribution is -2.46. The van der Waals surface area contributed by atoms with Gasteiger partial charge in [-0.2, -0.15) is 0 Å². The third-order valence-corrected chi connectivity index (χ3v) is 5.91. The number of ether oxygens (including phenoxy) is 1. The van der Waals surface area contributed by atoms with Crippen LogP contribution >= 0.6 is 0 Å². The molecule has 0 spiro atoms. The Morgan fingerprint density at radius 2 is 1.64 bits per heavy atom. The van der Waals surface area contributed by atoms with E-state index in [4.69, 9.17) is 4.74 Å². The van der Waals surface area contributed by atoms with Gasteiger partial charge in [0.25, 0.3) is 5.91 Å². The van der Waals surface area contributed by atoms with E-state index in [1.807, 2.05) is 6.07 Å². The summed E-state index contributed by atoms with van der Waals surface area (Å²) in [5.41, 5.74) is 2.00. The molecule has 4 rings (SSSR count). The molecule has 2 heterocycles. The molecule has 5 nitrogen and oxygen atoms in total. The maximum atomic E-state index is 13.0. The average molecular weight is 378 g/mol. The first-order valence-electron chi connectivity index (χ1n) is 9.94. The van der Waals surface area contributed by atoms with E-state index in [1.165, 1.54) is 10.5 Å². The Labute approximate surface area is 165 Å². The first kappa shape index (κ1) is 18.7. The lowest BCUT2D eigenvalue weighted by Gasteiger charge is -2.34. The van der Waals surface area contributed by atoms with Gasteiger partial charge >= 0.3 is 0 Å². The summed E-state index contributed by atoms with van der Waals surface area (Å²) in [6.07, 6.45) is 3.49. The summed E-state index contributed by atoms with van der Waals surface area (Å²) in [5, 5.41) is 0. The quantitative estimate of drug-likeness (QED) is 0.750. The van der Waals surface area contributed by atoms with Crippen LogP contribution in [0.25, 0.3) is 0 Å². The maximum absolute atomic E-state index is 13.0. The fourth-order valence-electron chi connectivity index (χ4n) is 4.32. The van der Waals surface area contributed by atoms with Crippen LogP contribution in [0.1, 0.15) is 24.8 Å². The average Bonchev–Trinajstić information content (AvgIpc) is 3.03. The number of hydrogen-bond acceptors (Lipinski definition) is 4.